The first-order chi connectivity index (χ1) is 16.8. The molecule has 1 aromatic heterocycles. The third-order valence-corrected chi connectivity index (χ3v) is 6.51. The van der Waals surface area contributed by atoms with Crippen LogP contribution in [0.15, 0.2) is 51.7 Å². The number of nitro benzene ring substituents is 1. The lowest BCUT2D eigenvalue weighted by atomic mass is 9.91. The molecule has 2 unspecified atom stereocenters. The molecule has 2 aromatic carbocycles. The molecule has 2 atom stereocenters. The quantitative estimate of drug-likeness (QED) is 0.365. The van der Waals surface area contributed by atoms with Crippen molar-refractivity contribution >= 4 is 22.7 Å². The fourth-order valence-corrected chi connectivity index (χ4v) is 5.01. The van der Waals surface area contributed by atoms with Crippen LogP contribution >= 0.6 is 0 Å². The first-order valence-electron chi connectivity index (χ1n) is 12.1. The lowest BCUT2D eigenvalue weighted by Crippen LogP contribution is -2.38. The van der Waals surface area contributed by atoms with E-state index in [4.69, 9.17) is 4.42 Å². The SMILES string of the molecule is CC1CC(C)CN(Cc2ccc(CNC(=O)CCCn3c(=O)oc4cc([N+](=O)[O-])ccc43)cc2)C1. The van der Waals surface area contributed by atoms with Gasteiger partial charge in [-0.2, -0.15) is 0 Å². The van der Waals surface area contributed by atoms with Crippen LogP contribution in [0.1, 0.15) is 44.2 Å². The predicted octanol–water partition coefficient (Wildman–Crippen LogP) is 4.08. The van der Waals surface area contributed by atoms with Crippen LogP contribution in [-0.2, 0) is 24.4 Å². The van der Waals surface area contributed by atoms with Gasteiger partial charge in [-0.3, -0.25) is 24.4 Å². The highest BCUT2D eigenvalue weighted by molar-refractivity contribution is 5.76. The molecule has 186 valence electrons. The number of oxazole rings is 1. The lowest BCUT2D eigenvalue weighted by molar-refractivity contribution is -0.384. The number of amides is 1. The summed E-state index contributed by atoms with van der Waals surface area (Å²) in [4.78, 5) is 37.3. The molecule has 35 heavy (non-hydrogen) atoms. The molecule has 9 nitrogen and oxygen atoms in total. The number of carbonyl (C=O) groups is 1. The summed E-state index contributed by atoms with van der Waals surface area (Å²) in [6.07, 6.45) is 2.01. The number of hydrogen-bond donors (Lipinski definition) is 1. The van der Waals surface area contributed by atoms with Gasteiger partial charge in [0, 0.05) is 45.2 Å². The molecular weight excluding hydrogens is 448 g/mol. The minimum atomic E-state index is -0.588. The molecule has 1 aliphatic heterocycles. The van der Waals surface area contributed by atoms with E-state index in [9.17, 15) is 19.7 Å². The number of hydrogen-bond acceptors (Lipinski definition) is 6. The summed E-state index contributed by atoms with van der Waals surface area (Å²) in [5.74, 6) is 0.789. The maximum Gasteiger partial charge on any atom is 0.419 e. The number of nitrogens with one attached hydrogen (secondary N) is 1. The first kappa shape index (κ1) is 24.7. The molecule has 4 rings (SSSR count). The molecule has 1 N–H and O–H groups in total. The van der Waals surface area contributed by atoms with E-state index in [1.165, 1.54) is 34.8 Å². The molecule has 0 aliphatic carbocycles. The molecule has 1 amide bonds. The molecule has 1 saturated heterocycles. The van der Waals surface area contributed by atoms with E-state index in [0.717, 1.165) is 37.0 Å². The monoisotopic (exact) mass is 480 g/mol. The fourth-order valence-electron chi connectivity index (χ4n) is 5.01. The van der Waals surface area contributed by atoms with Gasteiger partial charge in [0.25, 0.3) is 5.69 Å². The van der Waals surface area contributed by atoms with Gasteiger partial charge in [0.05, 0.1) is 16.5 Å². The number of rotatable bonds is 9. The van der Waals surface area contributed by atoms with Crippen molar-refractivity contribution in [3.63, 3.8) is 0 Å². The van der Waals surface area contributed by atoms with E-state index in [1.54, 1.807) is 0 Å². The molecule has 1 fully saturated rings. The highest BCUT2D eigenvalue weighted by Crippen LogP contribution is 2.23. The summed E-state index contributed by atoms with van der Waals surface area (Å²) in [6.45, 7) is 8.62. The average Bonchev–Trinajstić information content (AvgIpc) is 3.12. The maximum absolute atomic E-state index is 12.3. The van der Waals surface area contributed by atoms with Crippen molar-refractivity contribution in [1.82, 2.24) is 14.8 Å². The van der Waals surface area contributed by atoms with Gasteiger partial charge in [-0.15, -0.1) is 0 Å². The van der Waals surface area contributed by atoms with Gasteiger partial charge in [-0.1, -0.05) is 38.1 Å². The molecule has 1 aliphatic rings. The van der Waals surface area contributed by atoms with E-state index in [1.807, 2.05) is 0 Å². The molecule has 0 bridgehead atoms. The summed E-state index contributed by atoms with van der Waals surface area (Å²) in [5.41, 5.74) is 2.84. The highest BCUT2D eigenvalue weighted by atomic mass is 16.6. The lowest BCUT2D eigenvalue weighted by Gasteiger charge is -2.35. The normalized spacial score (nSPS) is 18.6. The van der Waals surface area contributed by atoms with E-state index in [2.05, 4.69) is 48.3 Å². The zero-order valence-electron chi connectivity index (χ0n) is 20.2. The largest absolute Gasteiger partial charge is 0.419 e. The van der Waals surface area contributed by atoms with Gasteiger partial charge in [-0.25, -0.2) is 4.79 Å². The second kappa shape index (κ2) is 10.9. The number of likely N-dealkylation sites (tertiary alicyclic amines) is 1. The van der Waals surface area contributed by atoms with Gasteiger partial charge < -0.3 is 9.73 Å². The van der Waals surface area contributed by atoms with Crippen LogP contribution in [0.25, 0.3) is 11.1 Å². The van der Waals surface area contributed by atoms with Crippen molar-refractivity contribution in [3.8, 4) is 0 Å². The third kappa shape index (κ3) is 6.36. The Bertz CT molecular complexity index is 1240. The Hall–Kier alpha value is -3.46. The van der Waals surface area contributed by atoms with E-state index in [-0.39, 0.29) is 23.6 Å². The van der Waals surface area contributed by atoms with Crippen molar-refractivity contribution in [1.29, 1.82) is 0 Å². The topological polar surface area (TPSA) is 111 Å². The number of nitro groups is 1. The Morgan fingerprint density at radius 2 is 1.80 bits per heavy atom. The smallest absolute Gasteiger partial charge is 0.407 e. The Kier molecular flexibility index (Phi) is 7.65. The Labute approximate surface area is 203 Å². The number of aromatic nitrogens is 1. The zero-order chi connectivity index (χ0) is 24.9. The second-order valence-electron chi connectivity index (χ2n) is 9.77. The zero-order valence-corrected chi connectivity index (χ0v) is 20.2. The number of benzene rings is 2. The van der Waals surface area contributed by atoms with E-state index < -0.39 is 10.7 Å². The van der Waals surface area contributed by atoms with Gasteiger partial charge in [0.2, 0.25) is 5.91 Å². The Morgan fingerprint density at radius 1 is 1.11 bits per heavy atom. The highest BCUT2D eigenvalue weighted by Gasteiger charge is 2.21. The second-order valence-corrected chi connectivity index (χ2v) is 9.77. The maximum atomic E-state index is 12.3. The number of non-ortho nitro benzene ring substituents is 1. The standard InChI is InChI=1S/C26H32N4O5/c1-18-12-19(2)16-28(15-18)17-21-7-5-20(6-8-21)14-27-25(31)4-3-11-29-23-10-9-22(30(33)34)13-24(23)35-26(29)32/h5-10,13,18-19H,3-4,11-12,14-17H2,1-2H3,(H,27,31). The predicted molar refractivity (Wildman–Crippen MR) is 133 cm³/mol. The first-order valence-corrected chi connectivity index (χ1v) is 12.1. The van der Waals surface area contributed by atoms with Crippen molar-refractivity contribution in [3.05, 3.63) is 74.3 Å². The number of carbonyl (C=O) groups excluding carboxylic acids is 1. The van der Waals surface area contributed by atoms with Gasteiger partial charge in [-0.05, 0) is 41.9 Å². The molecule has 3 aromatic rings. The van der Waals surface area contributed by atoms with Crippen molar-refractivity contribution < 1.29 is 14.1 Å². The van der Waals surface area contributed by atoms with Crippen LogP contribution in [0, 0.1) is 22.0 Å². The number of aryl methyl sites for hydroxylation is 1. The van der Waals surface area contributed by atoms with Crippen LogP contribution < -0.4 is 11.1 Å². The summed E-state index contributed by atoms with van der Waals surface area (Å²) in [6, 6.07) is 12.4. The summed E-state index contributed by atoms with van der Waals surface area (Å²) >= 11 is 0. The Morgan fingerprint density at radius 3 is 2.49 bits per heavy atom. The summed E-state index contributed by atoms with van der Waals surface area (Å²) in [5, 5.41) is 13.8. The summed E-state index contributed by atoms with van der Waals surface area (Å²) in [7, 11) is 0. The van der Waals surface area contributed by atoms with Gasteiger partial charge in [0.15, 0.2) is 5.58 Å². The van der Waals surface area contributed by atoms with Crippen LogP contribution in [0.5, 0.6) is 0 Å². The van der Waals surface area contributed by atoms with Crippen molar-refractivity contribution in [2.24, 2.45) is 11.8 Å². The van der Waals surface area contributed by atoms with Crippen molar-refractivity contribution in [2.75, 3.05) is 13.1 Å². The molecule has 0 radical (unpaired) electrons. The van der Waals surface area contributed by atoms with Crippen molar-refractivity contribution in [2.45, 2.75) is 52.7 Å². The average molecular weight is 481 g/mol. The summed E-state index contributed by atoms with van der Waals surface area (Å²) < 4.78 is 6.52. The number of fused-ring (bicyclic) bond motifs is 1. The van der Waals surface area contributed by atoms with Crippen LogP contribution in [-0.4, -0.2) is 33.4 Å². The van der Waals surface area contributed by atoms with Crippen LogP contribution in [0.4, 0.5) is 5.69 Å². The Balaban J connectivity index is 1.23. The number of nitrogens with zero attached hydrogens (tertiary/aromatic N) is 3. The third-order valence-electron chi connectivity index (χ3n) is 6.51. The molecule has 0 saturated carbocycles. The molecular formula is C26H32N4O5. The minimum absolute atomic E-state index is 0.0955. The minimum Gasteiger partial charge on any atom is -0.407 e. The number of piperidine rings is 1. The van der Waals surface area contributed by atoms with Crippen LogP contribution in [0.3, 0.4) is 0 Å². The van der Waals surface area contributed by atoms with Gasteiger partial charge in [0.1, 0.15) is 0 Å². The van der Waals surface area contributed by atoms with E-state index >= 15 is 0 Å². The van der Waals surface area contributed by atoms with E-state index in [0.29, 0.717) is 25.0 Å². The fraction of sp³-hybridized carbons (Fsp3) is 0.462. The molecule has 9 heteroatoms. The van der Waals surface area contributed by atoms with Gasteiger partial charge >= 0.3 is 5.76 Å². The molecule has 2 heterocycles. The van der Waals surface area contributed by atoms with Crippen LogP contribution in [0.2, 0.25) is 0 Å². The molecule has 0 spiro atoms.